The van der Waals surface area contributed by atoms with E-state index < -0.39 is 0 Å². The molecule has 0 aromatic heterocycles. The summed E-state index contributed by atoms with van der Waals surface area (Å²) < 4.78 is 0. The summed E-state index contributed by atoms with van der Waals surface area (Å²) in [5, 5.41) is 4.55. The van der Waals surface area contributed by atoms with Gasteiger partial charge in [-0.15, -0.1) is 0 Å². The van der Waals surface area contributed by atoms with Gasteiger partial charge in [-0.25, -0.2) is 0 Å². The summed E-state index contributed by atoms with van der Waals surface area (Å²) >= 11 is 5.93. The standard InChI is InChI=1S/C17H25ClN2/c1-2-20(17-7-8-17)10-9-19-16-11-14(12-16)13-3-5-15(18)6-4-13/h3-6,14,16-17,19H,2,7-12H2,1H3. The van der Waals surface area contributed by atoms with Crippen LogP contribution in [0.4, 0.5) is 0 Å². The third-order valence-corrected chi connectivity index (χ3v) is 5.03. The van der Waals surface area contributed by atoms with E-state index in [1.54, 1.807) is 0 Å². The Morgan fingerprint density at radius 2 is 1.90 bits per heavy atom. The summed E-state index contributed by atoms with van der Waals surface area (Å²) in [5.74, 6) is 0.732. The van der Waals surface area contributed by atoms with E-state index in [2.05, 4.69) is 29.3 Å². The average molecular weight is 293 g/mol. The molecule has 0 radical (unpaired) electrons. The summed E-state index contributed by atoms with van der Waals surface area (Å²) in [4.78, 5) is 2.61. The van der Waals surface area contributed by atoms with Crippen LogP contribution < -0.4 is 5.32 Å². The zero-order valence-electron chi connectivity index (χ0n) is 12.3. The van der Waals surface area contributed by atoms with Gasteiger partial charge in [0.2, 0.25) is 0 Å². The number of rotatable bonds is 7. The summed E-state index contributed by atoms with van der Waals surface area (Å²) in [6.07, 6.45) is 5.38. The van der Waals surface area contributed by atoms with Crippen LogP contribution in [0.25, 0.3) is 0 Å². The predicted octanol–water partition coefficient (Wildman–Crippen LogP) is 3.66. The quantitative estimate of drug-likeness (QED) is 0.825. The lowest BCUT2D eigenvalue weighted by Gasteiger charge is -2.37. The molecule has 1 aromatic rings. The van der Waals surface area contributed by atoms with Crippen LogP contribution in [0.5, 0.6) is 0 Å². The van der Waals surface area contributed by atoms with E-state index in [0.29, 0.717) is 6.04 Å². The number of likely N-dealkylation sites (N-methyl/N-ethyl adjacent to an activating group) is 1. The lowest BCUT2D eigenvalue weighted by Crippen LogP contribution is -2.43. The van der Waals surface area contributed by atoms with Gasteiger partial charge in [-0.1, -0.05) is 30.7 Å². The minimum atomic E-state index is 0.716. The molecule has 0 bridgehead atoms. The van der Waals surface area contributed by atoms with Crippen molar-refractivity contribution >= 4 is 11.6 Å². The maximum Gasteiger partial charge on any atom is 0.0406 e. The second-order valence-electron chi connectivity index (χ2n) is 6.23. The smallest absolute Gasteiger partial charge is 0.0406 e. The van der Waals surface area contributed by atoms with Crippen LogP contribution in [-0.4, -0.2) is 36.6 Å². The number of halogens is 1. The van der Waals surface area contributed by atoms with E-state index in [1.807, 2.05) is 12.1 Å². The molecule has 3 heteroatoms. The minimum Gasteiger partial charge on any atom is -0.313 e. The van der Waals surface area contributed by atoms with Crippen molar-refractivity contribution in [3.8, 4) is 0 Å². The first-order valence-electron chi connectivity index (χ1n) is 7.99. The van der Waals surface area contributed by atoms with Crippen LogP contribution in [0, 0.1) is 0 Å². The highest BCUT2D eigenvalue weighted by Crippen LogP contribution is 2.37. The molecule has 0 aliphatic heterocycles. The number of hydrogen-bond acceptors (Lipinski definition) is 2. The van der Waals surface area contributed by atoms with Crippen molar-refractivity contribution in [2.24, 2.45) is 0 Å². The fraction of sp³-hybridized carbons (Fsp3) is 0.647. The van der Waals surface area contributed by atoms with Crippen LogP contribution in [0.3, 0.4) is 0 Å². The van der Waals surface area contributed by atoms with Gasteiger partial charge in [0, 0.05) is 30.2 Å². The van der Waals surface area contributed by atoms with Crippen molar-refractivity contribution < 1.29 is 0 Å². The third kappa shape index (κ3) is 3.55. The van der Waals surface area contributed by atoms with Gasteiger partial charge >= 0.3 is 0 Å². The first kappa shape index (κ1) is 14.4. The van der Waals surface area contributed by atoms with Crippen LogP contribution in [0.15, 0.2) is 24.3 Å². The molecule has 0 atom stereocenters. The molecule has 2 saturated carbocycles. The largest absolute Gasteiger partial charge is 0.313 e. The molecule has 0 heterocycles. The number of nitrogens with one attached hydrogen (secondary N) is 1. The number of nitrogens with zero attached hydrogens (tertiary/aromatic N) is 1. The van der Waals surface area contributed by atoms with E-state index in [0.717, 1.165) is 23.5 Å². The Morgan fingerprint density at radius 1 is 1.20 bits per heavy atom. The Balaban J connectivity index is 1.35. The highest BCUT2D eigenvalue weighted by Gasteiger charge is 2.31. The maximum atomic E-state index is 5.93. The second kappa shape index (κ2) is 6.46. The molecule has 2 fully saturated rings. The maximum absolute atomic E-state index is 5.93. The van der Waals surface area contributed by atoms with Crippen molar-refractivity contribution in [3.63, 3.8) is 0 Å². The van der Waals surface area contributed by atoms with E-state index in [-0.39, 0.29) is 0 Å². The molecule has 2 aliphatic rings. The first-order valence-corrected chi connectivity index (χ1v) is 8.37. The molecule has 3 rings (SSSR count). The zero-order valence-corrected chi connectivity index (χ0v) is 13.1. The summed E-state index contributed by atoms with van der Waals surface area (Å²) in [6.45, 7) is 5.83. The van der Waals surface area contributed by atoms with Crippen molar-refractivity contribution in [1.82, 2.24) is 10.2 Å². The second-order valence-corrected chi connectivity index (χ2v) is 6.67. The van der Waals surface area contributed by atoms with Gasteiger partial charge in [0.25, 0.3) is 0 Å². The van der Waals surface area contributed by atoms with Gasteiger partial charge in [0.15, 0.2) is 0 Å². The molecule has 0 saturated heterocycles. The SMILES string of the molecule is CCN(CCNC1CC(c2ccc(Cl)cc2)C1)C1CC1. The van der Waals surface area contributed by atoms with E-state index in [1.165, 1.54) is 44.3 Å². The Kier molecular flexibility index (Phi) is 4.65. The van der Waals surface area contributed by atoms with Gasteiger partial charge in [-0.05, 0) is 55.8 Å². The molecule has 110 valence electrons. The Bertz CT molecular complexity index is 421. The molecular formula is C17H25ClN2. The van der Waals surface area contributed by atoms with Gasteiger partial charge in [0.05, 0.1) is 0 Å². The van der Waals surface area contributed by atoms with E-state index in [4.69, 9.17) is 11.6 Å². The van der Waals surface area contributed by atoms with Crippen molar-refractivity contribution in [1.29, 1.82) is 0 Å². The van der Waals surface area contributed by atoms with Gasteiger partial charge in [-0.3, -0.25) is 4.90 Å². The summed E-state index contributed by atoms with van der Waals surface area (Å²) in [6, 6.07) is 9.97. The Hall–Kier alpha value is -0.570. The van der Waals surface area contributed by atoms with Crippen molar-refractivity contribution in [2.75, 3.05) is 19.6 Å². The topological polar surface area (TPSA) is 15.3 Å². The molecule has 0 spiro atoms. The van der Waals surface area contributed by atoms with E-state index >= 15 is 0 Å². The van der Waals surface area contributed by atoms with Crippen LogP contribution in [0.1, 0.15) is 44.1 Å². The fourth-order valence-electron chi connectivity index (χ4n) is 3.24. The Labute approximate surface area is 127 Å². The third-order valence-electron chi connectivity index (χ3n) is 4.78. The molecule has 20 heavy (non-hydrogen) atoms. The lowest BCUT2D eigenvalue weighted by molar-refractivity contribution is 0.244. The van der Waals surface area contributed by atoms with Gasteiger partial charge < -0.3 is 5.32 Å². The Morgan fingerprint density at radius 3 is 2.50 bits per heavy atom. The predicted molar refractivity (Wildman–Crippen MR) is 85.5 cm³/mol. The van der Waals surface area contributed by atoms with Crippen LogP contribution >= 0.6 is 11.6 Å². The molecule has 2 nitrogen and oxygen atoms in total. The fourth-order valence-corrected chi connectivity index (χ4v) is 3.37. The normalized spacial score (nSPS) is 25.8. The summed E-state index contributed by atoms with van der Waals surface area (Å²) in [5.41, 5.74) is 1.45. The average Bonchev–Trinajstić information content (AvgIpc) is 3.23. The lowest BCUT2D eigenvalue weighted by atomic mass is 9.76. The highest BCUT2D eigenvalue weighted by molar-refractivity contribution is 6.30. The number of benzene rings is 1. The first-order chi connectivity index (χ1) is 9.76. The van der Waals surface area contributed by atoms with Gasteiger partial charge in [0.1, 0.15) is 0 Å². The van der Waals surface area contributed by atoms with Crippen molar-refractivity contribution in [2.45, 2.75) is 50.6 Å². The van der Waals surface area contributed by atoms with E-state index in [9.17, 15) is 0 Å². The summed E-state index contributed by atoms with van der Waals surface area (Å²) in [7, 11) is 0. The van der Waals surface area contributed by atoms with Crippen LogP contribution in [0.2, 0.25) is 5.02 Å². The van der Waals surface area contributed by atoms with Gasteiger partial charge in [-0.2, -0.15) is 0 Å². The molecule has 1 aromatic carbocycles. The molecule has 0 unspecified atom stereocenters. The van der Waals surface area contributed by atoms with Crippen LogP contribution in [-0.2, 0) is 0 Å². The van der Waals surface area contributed by atoms with Crippen molar-refractivity contribution in [3.05, 3.63) is 34.9 Å². The molecule has 1 N–H and O–H groups in total. The number of hydrogen-bond donors (Lipinski definition) is 1. The minimum absolute atomic E-state index is 0.716. The molecule has 2 aliphatic carbocycles. The molecular weight excluding hydrogens is 268 g/mol. The molecule has 0 amide bonds. The highest BCUT2D eigenvalue weighted by atomic mass is 35.5. The zero-order chi connectivity index (χ0) is 13.9. The monoisotopic (exact) mass is 292 g/mol.